The summed E-state index contributed by atoms with van der Waals surface area (Å²) in [6, 6.07) is 7.18. The lowest BCUT2D eigenvalue weighted by Gasteiger charge is -1.99. The Kier molecular flexibility index (Phi) is 2.87. The topological polar surface area (TPSA) is 74.2 Å². The average molecular weight is 219 g/mol. The first-order valence-corrected chi connectivity index (χ1v) is 4.94. The number of hydrogen-bond acceptors (Lipinski definition) is 5. The number of aromatic nitrogens is 2. The molecule has 0 saturated heterocycles. The highest BCUT2D eigenvalue weighted by molar-refractivity contribution is 5.55. The van der Waals surface area contributed by atoms with Gasteiger partial charge in [-0.05, 0) is 31.2 Å². The summed E-state index contributed by atoms with van der Waals surface area (Å²) in [7, 11) is 1.62. The molecular weight excluding hydrogens is 206 g/mol. The highest BCUT2D eigenvalue weighted by Crippen LogP contribution is 2.20. The van der Waals surface area contributed by atoms with Crippen LogP contribution < -0.4 is 10.5 Å². The molecule has 0 aliphatic carbocycles. The van der Waals surface area contributed by atoms with Gasteiger partial charge in [0, 0.05) is 5.56 Å². The van der Waals surface area contributed by atoms with Gasteiger partial charge in [0.1, 0.15) is 5.75 Å². The molecule has 1 aromatic heterocycles. The summed E-state index contributed by atoms with van der Waals surface area (Å²) >= 11 is 0. The summed E-state index contributed by atoms with van der Waals surface area (Å²) < 4.78 is 10.1. The Balaban J connectivity index is 2.28. The van der Waals surface area contributed by atoms with Gasteiger partial charge >= 0.3 is 0 Å². The van der Waals surface area contributed by atoms with Crippen molar-refractivity contribution in [2.45, 2.75) is 13.0 Å². The van der Waals surface area contributed by atoms with Gasteiger partial charge in [-0.3, -0.25) is 0 Å². The van der Waals surface area contributed by atoms with Gasteiger partial charge in [0.25, 0.3) is 0 Å². The van der Waals surface area contributed by atoms with E-state index in [9.17, 15) is 0 Å². The number of ether oxygens (including phenoxy) is 1. The second-order valence-corrected chi connectivity index (χ2v) is 3.47. The third kappa shape index (κ3) is 2.04. The van der Waals surface area contributed by atoms with E-state index in [1.165, 1.54) is 0 Å². The van der Waals surface area contributed by atoms with Crippen molar-refractivity contribution < 1.29 is 9.26 Å². The van der Waals surface area contributed by atoms with Crippen LogP contribution in [0.25, 0.3) is 11.4 Å². The molecule has 16 heavy (non-hydrogen) atoms. The molecule has 1 unspecified atom stereocenters. The molecule has 0 spiro atoms. The van der Waals surface area contributed by atoms with E-state index >= 15 is 0 Å². The maximum atomic E-state index is 5.63. The van der Waals surface area contributed by atoms with Crippen LogP contribution in [0.15, 0.2) is 28.8 Å². The maximum absolute atomic E-state index is 5.63. The molecule has 0 fully saturated rings. The van der Waals surface area contributed by atoms with Crippen LogP contribution in [0, 0.1) is 0 Å². The van der Waals surface area contributed by atoms with E-state index < -0.39 is 0 Å². The Bertz CT molecular complexity index is 462. The summed E-state index contributed by atoms with van der Waals surface area (Å²) in [5.41, 5.74) is 6.51. The lowest BCUT2D eigenvalue weighted by molar-refractivity contribution is 0.362. The monoisotopic (exact) mass is 219 g/mol. The molecular formula is C11H13N3O2. The van der Waals surface area contributed by atoms with Crippen molar-refractivity contribution in [2.24, 2.45) is 5.73 Å². The first-order chi connectivity index (χ1) is 7.70. The SMILES string of the molecule is COc1ccc(-c2noc(C(C)N)n2)cc1. The molecule has 5 heteroatoms. The van der Waals surface area contributed by atoms with Gasteiger partial charge in [0.15, 0.2) is 0 Å². The Hall–Kier alpha value is -1.88. The average Bonchev–Trinajstić information content (AvgIpc) is 2.78. The molecule has 0 radical (unpaired) electrons. The molecule has 1 aromatic carbocycles. The van der Waals surface area contributed by atoms with Crippen molar-refractivity contribution in [1.29, 1.82) is 0 Å². The normalized spacial score (nSPS) is 12.4. The zero-order chi connectivity index (χ0) is 11.5. The lowest BCUT2D eigenvalue weighted by Crippen LogP contribution is -2.04. The molecule has 1 atom stereocenters. The Morgan fingerprint density at radius 3 is 2.50 bits per heavy atom. The first-order valence-electron chi connectivity index (χ1n) is 4.94. The minimum absolute atomic E-state index is 0.250. The number of rotatable bonds is 3. The first kappa shape index (κ1) is 10.6. The van der Waals surface area contributed by atoms with Gasteiger partial charge in [0.2, 0.25) is 11.7 Å². The highest BCUT2D eigenvalue weighted by Gasteiger charge is 2.11. The van der Waals surface area contributed by atoms with Crippen LogP contribution in [-0.2, 0) is 0 Å². The summed E-state index contributed by atoms with van der Waals surface area (Å²) in [5.74, 6) is 1.76. The molecule has 2 N–H and O–H groups in total. The molecule has 2 aromatic rings. The fourth-order valence-corrected chi connectivity index (χ4v) is 1.28. The van der Waals surface area contributed by atoms with Gasteiger partial charge in [-0.15, -0.1) is 0 Å². The second-order valence-electron chi connectivity index (χ2n) is 3.47. The Morgan fingerprint density at radius 2 is 2.00 bits per heavy atom. The largest absolute Gasteiger partial charge is 0.497 e. The van der Waals surface area contributed by atoms with Crippen LogP contribution in [0.5, 0.6) is 5.75 Å². The van der Waals surface area contributed by atoms with Crippen molar-refractivity contribution in [3.05, 3.63) is 30.2 Å². The number of hydrogen-bond donors (Lipinski definition) is 1. The van der Waals surface area contributed by atoms with Gasteiger partial charge in [-0.25, -0.2) is 0 Å². The molecule has 0 aliphatic heterocycles. The fourth-order valence-electron chi connectivity index (χ4n) is 1.28. The van der Waals surface area contributed by atoms with Crippen LogP contribution in [0.2, 0.25) is 0 Å². The molecule has 2 rings (SSSR count). The Labute approximate surface area is 93.2 Å². The summed E-state index contributed by atoms with van der Waals surface area (Å²) in [6.45, 7) is 1.80. The van der Waals surface area contributed by atoms with E-state index in [2.05, 4.69) is 10.1 Å². The van der Waals surface area contributed by atoms with Crippen molar-refractivity contribution in [3.63, 3.8) is 0 Å². The lowest BCUT2D eigenvalue weighted by atomic mass is 10.2. The fraction of sp³-hybridized carbons (Fsp3) is 0.273. The quantitative estimate of drug-likeness (QED) is 0.851. The van der Waals surface area contributed by atoms with E-state index in [1.807, 2.05) is 24.3 Å². The molecule has 1 heterocycles. The maximum Gasteiger partial charge on any atom is 0.243 e. The van der Waals surface area contributed by atoms with E-state index in [4.69, 9.17) is 15.0 Å². The van der Waals surface area contributed by atoms with Crippen LogP contribution in [0.3, 0.4) is 0 Å². The smallest absolute Gasteiger partial charge is 0.243 e. The third-order valence-corrected chi connectivity index (χ3v) is 2.18. The van der Waals surface area contributed by atoms with E-state index in [-0.39, 0.29) is 6.04 Å². The number of nitrogens with zero attached hydrogens (tertiary/aromatic N) is 2. The number of benzene rings is 1. The molecule has 5 nitrogen and oxygen atoms in total. The minimum atomic E-state index is -0.250. The molecule has 0 amide bonds. The minimum Gasteiger partial charge on any atom is -0.497 e. The van der Waals surface area contributed by atoms with Gasteiger partial charge < -0.3 is 15.0 Å². The highest BCUT2D eigenvalue weighted by atomic mass is 16.5. The second kappa shape index (κ2) is 4.32. The molecule has 0 aliphatic rings. The van der Waals surface area contributed by atoms with Gasteiger partial charge in [-0.2, -0.15) is 4.98 Å². The molecule has 84 valence electrons. The molecule has 0 saturated carbocycles. The van der Waals surface area contributed by atoms with Crippen LogP contribution in [-0.4, -0.2) is 17.3 Å². The summed E-state index contributed by atoms with van der Waals surface area (Å²) in [6.07, 6.45) is 0. The van der Waals surface area contributed by atoms with Crippen LogP contribution in [0.1, 0.15) is 18.9 Å². The zero-order valence-electron chi connectivity index (χ0n) is 9.18. The van der Waals surface area contributed by atoms with Crippen molar-refractivity contribution in [1.82, 2.24) is 10.1 Å². The zero-order valence-corrected chi connectivity index (χ0v) is 9.18. The Morgan fingerprint density at radius 1 is 1.31 bits per heavy atom. The van der Waals surface area contributed by atoms with Crippen LogP contribution >= 0.6 is 0 Å². The van der Waals surface area contributed by atoms with E-state index in [0.717, 1.165) is 11.3 Å². The van der Waals surface area contributed by atoms with Crippen molar-refractivity contribution >= 4 is 0 Å². The predicted octanol–water partition coefficient (Wildman–Crippen LogP) is 1.76. The van der Waals surface area contributed by atoms with Crippen molar-refractivity contribution in [3.8, 4) is 17.1 Å². The summed E-state index contributed by atoms with van der Waals surface area (Å²) in [5, 5.41) is 3.86. The van der Waals surface area contributed by atoms with E-state index in [1.54, 1.807) is 14.0 Å². The van der Waals surface area contributed by atoms with Crippen molar-refractivity contribution in [2.75, 3.05) is 7.11 Å². The third-order valence-electron chi connectivity index (χ3n) is 2.18. The molecule has 0 bridgehead atoms. The summed E-state index contributed by atoms with van der Waals surface area (Å²) in [4.78, 5) is 4.19. The van der Waals surface area contributed by atoms with Gasteiger partial charge in [-0.1, -0.05) is 5.16 Å². The van der Waals surface area contributed by atoms with Gasteiger partial charge in [0.05, 0.1) is 13.2 Å². The van der Waals surface area contributed by atoms with E-state index in [0.29, 0.717) is 11.7 Å². The standard InChI is InChI=1S/C11H13N3O2/c1-7(12)11-13-10(14-16-11)8-3-5-9(15-2)6-4-8/h3-7H,12H2,1-2H3. The number of methoxy groups -OCH3 is 1. The number of nitrogens with two attached hydrogens (primary N) is 1. The van der Waals surface area contributed by atoms with Crippen LogP contribution in [0.4, 0.5) is 0 Å². The predicted molar refractivity (Wildman–Crippen MR) is 58.9 cm³/mol.